The summed E-state index contributed by atoms with van der Waals surface area (Å²) in [4.78, 5) is 14.1. The van der Waals surface area contributed by atoms with Gasteiger partial charge in [-0.25, -0.2) is 0 Å². The van der Waals surface area contributed by atoms with E-state index in [2.05, 4.69) is 17.0 Å². The highest BCUT2D eigenvalue weighted by Gasteiger charge is 2.32. The van der Waals surface area contributed by atoms with Crippen LogP contribution in [0.2, 0.25) is 0 Å². The molecule has 82 valence electrons. The largest absolute Gasteiger partial charge is 0.368 e. The zero-order valence-electron chi connectivity index (χ0n) is 9.23. The molecule has 0 amide bonds. The van der Waals surface area contributed by atoms with Crippen LogP contribution in [0.1, 0.15) is 24.8 Å². The van der Waals surface area contributed by atoms with Gasteiger partial charge < -0.3 is 4.90 Å². The van der Waals surface area contributed by atoms with Crippen LogP contribution < -0.4 is 0 Å². The van der Waals surface area contributed by atoms with Crippen molar-refractivity contribution in [1.82, 2.24) is 4.90 Å². The minimum Gasteiger partial charge on any atom is -0.368 e. The fraction of sp³-hybridized carbons (Fsp3) is 0.357. The van der Waals surface area contributed by atoms with Gasteiger partial charge in [-0.3, -0.25) is 4.79 Å². The summed E-state index contributed by atoms with van der Waals surface area (Å²) in [5.41, 5.74) is 2.29. The second-order valence-electron chi connectivity index (χ2n) is 4.56. The lowest BCUT2D eigenvalue weighted by atomic mass is 9.99. The number of benzene rings is 1. The molecule has 0 spiro atoms. The fourth-order valence-electron chi connectivity index (χ4n) is 2.75. The van der Waals surface area contributed by atoms with E-state index in [0.29, 0.717) is 12.5 Å². The van der Waals surface area contributed by atoms with Crippen LogP contribution in [0.5, 0.6) is 0 Å². The molecule has 1 atom stereocenters. The van der Waals surface area contributed by atoms with Gasteiger partial charge in [0.05, 0.1) is 0 Å². The number of nitrogens with zero attached hydrogens (tertiary/aromatic N) is 1. The normalized spacial score (nSPS) is 24.2. The lowest BCUT2D eigenvalue weighted by Crippen LogP contribution is -2.33. The Balaban J connectivity index is 2.01. The monoisotopic (exact) mass is 213 g/mol. The lowest BCUT2D eigenvalue weighted by molar-refractivity contribution is -0.115. The van der Waals surface area contributed by atoms with Crippen molar-refractivity contribution < 1.29 is 4.79 Å². The first-order valence-corrected chi connectivity index (χ1v) is 5.91. The van der Waals surface area contributed by atoms with E-state index in [4.69, 9.17) is 0 Å². The maximum absolute atomic E-state index is 11.7. The molecule has 0 unspecified atom stereocenters. The number of rotatable bonds is 1. The molecule has 3 rings (SSSR count). The smallest absolute Gasteiger partial charge is 0.159 e. The standard InChI is InChI=1S/C14H15NO/c16-13-9-12-7-4-8-15(12)14(10-13)11-5-2-1-3-6-11/h1-3,5-6,10,12H,4,7-9H2/t12-/m1/s1. The molecule has 0 aromatic heterocycles. The molecule has 0 N–H and O–H groups in total. The summed E-state index contributed by atoms with van der Waals surface area (Å²) >= 11 is 0. The van der Waals surface area contributed by atoms with Crippen molar-refractivity contribution in [3.8, 4) is 0 Å². The van der Waals surface area contributed by atoms with Crippen molar-refractivity contribution in [2.75, 3.05) is 6.54 Å². The third-order valence-electron chi connectivity index (χ3n) is 3.49. The minimum atomic E-state index is 0.280. The Morgan fingerprint density at radius 1 is 1.19 bits per heavy atom. The lowest BCUT2D eigenvalue weighted by Gasteiger charge is -2.32. The molecule has 1 saturated heterocycles. The average Bonchev–Trinajstić information content (AvgIpc) is 2.77. The average molecular weight is 213 g/mol. The molecule has 1 fully saturated rings. The van der Waals surface area contributed by atoms with Crippen molar-refractivity contribution in [2.24, 2.45) is 0 Å². The van der Waals surface area contributed by atoms with Gasteiger partial charge in [-0.15, -0.1) is 0 Å². The molecule has 2 aliphatic heterocycles. The molecule has 1 aromatic carbocycles. The molecule has 16 heavy (non-hydrogen) atoms. The molecule has 0 radical (unpaired) electrons. The van der Waals surface area contributed by atoms with Gasteiger partial charge in [0.25, 0.3) is 0 Å². The Morgan fingerprint density at radius 3 is 2.81 bits per heavy atom. The summed E-state index contributed by atoms with van der Waals surface area (Å²) in [6.07, 6.45) is 4.89. The van der Waals surface area contributed by atoms with E-state index in [1.165, 1.54) is 12.0 Å². The predicted molar refractivity (Wildman–Crippen MR) is 63.8 cm³/mol. The summed E-state index contributed by atoms with van der Waals surface area (Å²) in [6, 6.07) is 10.7. The number of hydrogen-bond acceptors (Lipinski definition) is 2. The van der Waals surface area contributed by atoms with E-state index in [9.17, 15) is 4.79 Å². The fourth-order valence-corrected chi connectivity index (χ4v) is 2.75. The van der Waals surface area contributed by atoms with Crippen molar-refractivity contribution in [3.63, 3.8) is 0 Å². The molecule has 0 bridgehead atoms. The van der Waals surface area contributed by atoms with Gasteiger partial charge in [-0.1, -0.05) is 30.3 Å². The number of hydrogen-bond donors (Lipinski definition) is 0. The van der Waals surface area contributed by atoms with Crippen LogP contribution in [0, 0.1) is 0 Å². The van der Waals surface area contributed by atoms with E-state index >= 15 is 0 Å². The first kappa shape index (κ1) is 9.64. The van der Waals surface area contributed by atoms with E-state index in [-0.39, 0.29) is 5.78 Å². The zero-order valence-corrected chi connectivity index (χ0v) is 9.23. The topological polar surface area (TPSA) is 20.3 Å². The molecule has 0 aliphatic carbocycles. The van der Waals surface area contributed by atoms with Gasteiger partial charge in [0.15, 0.2) is 5.78 Å². The van der Waals surface area contributed by atoms with Crippen molar-refractivity contribution in [1.29, 1.82) is 0 Å². The van der Waals surface area contributed by atoms with Crippen LogP contribution in [-0.4, -0.2) is 23.3 Å². The third-order valence-corrected chi connectivity index (χ3v) is 3.49. The van der Waals surface area contributed by atoms with Crippen LogP contribution in [0.4, 0.5) is 0 Å². The number of fused-ring (bicyclic) bond motifs is 1. The number of ketones is 1. The molecule has 0 saturated carbocycles. The van der Waals surface area contributed by atoms with Crippen molar-refractivity contribution in [2.45, 2.75) is 25.3 Å². The Hall–Kier alpha value is -1.57. The summed E-state index contributed by atoms with van der Waals surface area (Å²) in [5.74, 6) is 0.280. The zero-order chi connectivity index (χ0) is 11.0. The number of allylic oxidation sites excluding steroid dienone is 1. The van der Waals surface area contributed by atoms with Crippen LogP contribution >= 0.6 is 0 Å². The van der Waals surface area contributed by atoms with E-state index < -0.39 is 0 Å². The van der Waals surface area contributed by atoms with Crippen LogP contribution in [0.25, 0.3) is 5.70 Å². The SMILES string of the molecule is O=C1C=C(c2ccccc2)N2CCC[C@@H]2C1. The van der Waals surface area contributed by atoms with Gasteiger partial charge in [0.1, 0.15) is 0 Å². The maximum Gasteiger partial charge on any atom is 0.159 e. The second-order valence-corrected chi connectivity index (χ2v) is 4.56. The van der Waals surface area contributed by atoms with Crippen LogP contribution in [0.15, 0.2) is 36.4 Å². The van der Waals surface area contributed by atoms with E-state index in [1.807, 2.05) is 24.3 Å². The van der Waals surface area contributed by atoms with E-state index in [1.54, 1.807) is 0 Å². The quantitative estimate of drug-likeness (QED) is 0.714. The summed E-state index contributed by atoms with van der Waals surface area (Å²) in [7, 11) is 0. The summed E-state index contributed by atoms with van der Waals surface area (Å²) in [6.45, 7) is 1.10. The molecule has 2 nitrogen and oxygen atoms in total. The van der Waals surface area contributed by atoms with Crippen molar-refractivity contribution >= 4 is 11.5 Å². The Morgan fingerprint density at radius 2 is 2.00 bits per heavy atom. The molecular formula is C14H15NO. The first-order valence-electron chi connectivity index (χ1n) is 5.91. The highest BCUT2D eigenvalue weighted by Crippen LogP contribution is 2.33. The maximum atomic E-state index is 11.7. The van der Waals surface area contributed by atoms with Crippen LogP contribution in [-0.2, 0) is 4.79 Å². The molecule has 2 heteroatoms. The van der Waals surface area contributed by atoms with Gasteiger partial charge >= 0.3 is 0 Å². The molecule has 2 heterocycles. The molecular weight excluding hydrogens is 198 g/mol. The Kier molecular flexibility index (Phi) is 2.28. The Bertz CT molecular complexity index is 435. The molecule has 2 aliphatic rings. The van der Waals surface area contributed by atoms with Gasteiger partial charge in [0, 0.05) is 30.8 Å². The minimum absolute atomic E-state index is 0.280. The first-order chi connectivity index (χ1) is 7.84. The summed E-state index contributed by atoms with van der Waals surface area (Å²) < 4.78 is 0. The highest BCUT2D eigenvalue weighted by molar-refractivity contribution is 5.98. The number of carbonyl (C=O) groups is 1. The number of carbonyl (C=O) groups excluding carboxylic acids is 1. The predicted octanol–water partition coefficient (Wildman–Crippen LogP) is 2.46. The highest BCUT2D eigenvalue weighted by atomic mass is 16.1. The van der Waals surface area contributed by atoms with Gasteiger partial charge in [-0.05, 0) is 18.4 Å². The van der Waals surface area contributed by atoms with Crippen molar-refractivity contribution in [3.05, 3.63) is 42.0 Å². The molecule has 1 aromatic rings. The van der Waals surface area contributed by atoms with Gasteiger partial charge in [0.2, 0.25) is 0 Å². The van der Waals surface area contributed by atoms with E-state index in [0.717, 1.165) is 18.7 Å². The summed E-state index contributed by atoms with van der Waals surface area (Å²) in [5, 5.41) is 0. The van der Waals surface area contributed by atoms with Gasteiger partial charge in [-0.2, -0.15) is 0 Å². The third kappa shape index (κ3) is 1.54. The Labute approximate surface area is 95.6 Å². The van der Waals surface area contributed by atoms with Crippen LogP contribution in [0.3, 0.4) is 0 Å². The second kappa shape index (κ2) is 3.78.